The van der Waals surface area contributed by atoms with Crippen molar-refractivity contribution in [1.29, 1.82) is 0 Å². The first-order valence-electron chi connectivity index (χ1n) is 4.47. The number of thiophene rings is 1. The number of aliphatic hydroxyl groups is 1. The summed E-state index contributed by atoms with van der Waals surface area (Å²) in [6, 6.07) is 4.04. The fourth-order valence-corrected chi connectivity index (χ4v) is 2.60. The third-order valence-corrected chi connectivity index (χ3v) is 4.02. The molecule has 66 valence electrons. The van der Waals surface area contributed by atoms with Gasteiger partial charge in [-0.05, 0) is 37.1 Å². The molecule has 1 aromatic heterocycles. The lowest BCUT2D eigenvalue weighted by Gasteiger charge is -2.38. The Kier molecular flexibility index (Phi) is 1.97. The van der Waals surface area contributed by atoms with Crippen LogP contribution in [0, 0.1) is 5.92 Å². The number of hydrogen-bond donors (Lipinski definition) is 1. The smallest absolute Gasteiger partial charge is 0.0987 e. The normalized spacial score (nSPS) is 23.2. The summed E-state index contributed by atoms with van der Waals surface area (Å²) < 4.78 is 0. The molecule has 0 amide bonds. The van der Waals surface area contributed by atoms with Crippen LogP contribution in [-0.2, 0) is 5.60 Å². The quantitative estimate of drug-likeness (QED) is 0.745. The minimum Gasteiger partial charge on any atom is -0.384 e. The monoisotopic (exact) mass is 182 g/mol. The fourth-order valence-electron chi connectivity index (χ4n) is 1.74. The van der Waals surface area contributed by atoms with E-state index in [1.807, 2.05) is 24.4 Å². The van der Waals surface area contributed by atoms with Gasteiger partial charge in [-0.3, -0.25) is 0 Å². The van der Waals surface area contributed by atoms with Crippen LogP contribution in [0.2, 0.25) is 0 Å². The second-order valence-corrected chi connectivity index (χ2v) is 4.70. The van der Waals surface area contributed by atoms with Gasteiger partial charge in [0, 0.05) is 4.88 Å². The Labute approximate surface area is 77.0 Å². The second kappa shape index (κ2) is 2.86. The summed E-state index contributed by atoms with van der Waals surface area (Å²) in [5.41, 5.74) is -0.563. The Morgan fingerprint density at radius 2 is 2.33 bits per heavy atom. The molecule has 1 unspecified atom stereocenters. The minimum atomic E-state index is -0.563. The summed E-state index contributed by atoms with van der Waals surface area (Å²) in [5.74, 6) is 0.496. The lowest BCUT2D eigenvalue weighted by Crippen LogP contribution is -2.35. The van der Waals surface area contributed by atoms with Crippen LogP contribution >= 0.6 is 11.3 Å². The molecule has 1 aliphatic rings. The number of rotatable bonds is 2. The van der Waals surface area contributed by atoms with E-state index in [1.165, 1.54) is 19.3 Å². The molecule has 12 heavy (non-hydrogen) atoms. The highest BCUT2D eigenvalue weighted by Crippen LogP contribution is 2.43. The first kappa shape index (κ1) is 8.27. The summed E-state index contributed by atoms with van der Waals surface area (Å²) in [4.78, 5) is 1.12. The van der Waals surface area contributed by atoms with Crippen molar-refractivity contribution in [3.05, 3.63) is 22.4 Å². The Morgan fingerprint density at radius 1 is 1.58 bits per heavy atom. The van der Waals surface area contributed by atoms with Crippen LogP contribution < -0.4 is 0 Å². The van der Waals surface area contributed by atoms with E-state index in [4.69, 9.17) is 0 Å². The van der Waals surface area contributed by atoms with Gasteiger partial charge in [0.2, 0.25) is 0 Å². The summed E-state index contributed by atoms with van der Waals surface area (Å²) in [6.07, 6.45) is 3.65. The van der Waals surface area contributed by atoms with Crippen molar-refractivity contribution in [2.24, 2.45) is 5.92 Å². The molecule has 2 rings (SSSR count). The molecule has 1 fully saturated rings. The maximum atomic E-state index is 10.2. The average Bonchev–Trinajstić information content (AvgIpc) is 2.30. The van der Waals surface area contributed by atoms with E-state index in [9.17, 15) is 5.11 Å². The van der Waals surface area contributed by atoms with E-state index in [2.05, 4.69) is 0 Å². The molecule has 1 aromatic rings. The molecule has 0 spiro atoms. The zero-order valence-corrected chi connectivity index (χ0v) is 8.10. The van der Waals surface area contributed by atoms with Gasteiger partial charge in [0.15, 0.2) is 0 Å². The zero-order valence-electron chi connectivity index (χ0n) is 7.29. The Morgan fingerprint density at radius 3 is 2.75 bits per heavy atom. The van der Waals surface area contributed by atoms with Gasteiger partial charge in [-0.2, -0.15) is 0 Å². The highest BCUT2D eigenvalue weighted by Gasteiger charge is 2.37. The molecule has 1 nitrogen and oxygen atoms in total. The van der Waals surface area contributed by atoms with Crippen LogP contribution in [-0.4, -0.2) is 5.11 Å². The van der Waals surface area contributed by atoms with Crippen molar-refractivity contribution in [1.82, 2.24) is 0 Å². The second-order valence-electron chi connectivity index (χ2n) is 3.75. The van der Waals surface area contributed by atoms with E-state index in [-0.39, 0.29) is 0 Å². The van der Waals surface area contributed by atoms with Gasteiger partial charge in [0.05, 0.1) is 5.60 Å². The summed E-state index contributed by atoms with van der Waals surface area (Å²) in [6.45, 7) is 1.95. The molecule has 1 aliphatic carbocycles. The summed E-state index contributed by atoms with van der Waals surface area (Å²) >= 11 is 1.66. The predicted molar refractivity (Wildman–Crippen MR) is 51.2 cm³/mol. The molecule has 1 N–H and O–H groups in total. The average molecular weight is 182 g/mol. The predicted octanol–water partition coefficient (Wildman–Crippen LogP) is 2.76. The first-order chi connectivity index (χ1) is 5.71. The molecule has 0 aliphatic heterocycles. The van der Waals surface area contributed by atoms with Gasteiger partial charge in [0.25, 0.3) is 0 Å². The van der Waals surface area contributed by atoms with Crippen molar-refractivity contribution in [3.63, 3.8) is 0 Å². The highest BCUT2D eigenvalue weighted by atomic mass is 32.1. The van der Waals surface area contributed by atoms with Gasteiger partial charge >= 0.3 is 0 Å². The topological polar surface area (TPSA) is 20.2 Å². The van der Waals surface area contributed by atoms with E-state index >= 15 is 0 Å². The lowest BCUT2D eigenvalue weighted by molar-refractivity contribution is -0.0368. The van der Waals surface area contributed by atoms with Crippen LogP contribution in [0.5, 0.6) is 0 Å². The highest BCUT2D eigenvalue weighted by molar-refractivity contribution is 7.10. The minimum absolute atomic E-state index is 0.496. The fraction of sp³-hybridized carbons (Fsp3) is 0.600. The lowest BCUT2D eigenvalue weighted by atomic mass is 9.73. The van der Waals surface area contributed by atoms with E-state index in [0.29, 0.717) is 5.92 Å². The maximum Gasteiger partial charge on any atom is 0.0987 e. The standard InChI is InChI=1S/C10H14OS/c1-10(11,8-4-2-5-8)9-6-3-7-12-9/h3,6-8,11H,2,4-5H2,1H3. The third-order valence-electron chi connectivity index (χ3n) is 2.92. The summed E-state index contributed by atoms with van der Waals surface area (Å²) in [7, 11) is 0. The van der Waals surface area contributed by atoms with Gasteiger partial charge < -0.3 is 5.11 Å². The van der Waals surface area contributed by atoms with Crippen LogP contribution in [0.3, 0.4) is 0 Å². The molecule has 1 saturated carbocycles. The Hall–Kier alpha value is -0.340. The van der Waals surface area contributed by atoms with Gasteiger partial charge in [-0.15, -0.1) is 11.3 Å². The molecule has 2 heteroatoms. The van der Waals surface area contributed by atoms with Crippen molar-refractivity contribution in [2.45, 2.75) is 31.8 Å². The van der Waals surface area contributed by atoms with Crippen molar-refractivity contribution < 1.29 is 5.11 Å². The molecule has 0 aromatic carbocycles. The molecule has 0 saturated heterocycles. The largest absolute Gasteiger partial charge is 0.384 e. The molecular formula is C10H14OS. The van der Waals surface area contributed by atoms with E-state index in [0.717, 1.165) is 4.88 Å². The molecule has 0 radical (unpaired) electrons. The maximum absolute atomic E-state index is 10.2. The van der Waals surface area contributed by atoms with E-state index in [1.54, 1.807) is 11.3 Å². The van der Waals surface area contributed by atoms with Crippen molar-refractivity contribution in [2.75, 3.05) is 0 Å². The molecule has 1 heterocycles. The Bertz CT molecular complexity index is 247. The number of hydrogen-bond acceptors (Lipinski definition) is 2. The van der Waals surface area contributed by atoms with Crippen LogP contribution in [0.4, 0.5) is 0 Å². The third kappa shape index (κ3) is 1.19. The molecular weight excluding hydrogens is 168 g/mol. The van der Waals surface area contributed by atoms with Crippen molar-refractivity contribution in [3.8, 4) is 0 Å². The SMILES string of the molecule is CC(O)(c1cccs1)C1CCC1. The Balaban J connectivity index is 2.19. The van der Waals surface area contributed by atoms with Crippen LogP contribution in [0.15, 0.2) is 17.5 Å². The molecule has 1 atom stereocenters. The van der Waals surface area contributed by atoms with Crippen molar-refractivity contribution >= 4 is 11.3 Å². The van der Waals surface area contributed by atoms with Gasteiger partial charge in [0.1, 0.15) is 0 Å². The van der Waals surface area contributed by atoms with Crippen LogP contribution in [0.1, 0.15) is 31.1 Å². The van der Waals surface area contributed by atoms with Gasteiger partial charge in [-0.1, -0.05) is 12.5 Å². The van der Waals surface area contributed by atoms with E-state index < -0.39 is 5.60 Å². The zero-order chi connectivity index (χ0) is 8.60. The first-order valence-corrected chi connectivity index (χ1v) is 5.35. The van der Waals surface area contributed by atoms with Crippen LogP contribution in [0.25, 0.3) is 0 Å². The summed E-state index contributed by atoms with van der Waals surface area (Å²) in [5, 5.41) is 12.2. The van der Waals surface area contributed by atoms with Gasteiger partial charge in [-0.25, -0.2) is 0 Å². The molecule has 0 bridgehead atoms.